The standard InChI is InChI=1S/C18H23N3O3/c1-5-24-17(23)14-8-6-13(7-9-14)11-20-12-15(10-19)16(22)21-18(2,3)4/h6-9,12,20H,5,11H2,1-4H3,(H,21,22)/b15-12-. The van der Waals surface area contributed by atoms with Gasteiger partial charge in [-0.3, -0.25) is 4.79 Å². The lowest BCUT2D eigenvalue weighted by atomic mass is 10.1. The van der Waals surface area contributed by atoms with Crippen LogP contribution in [0.3, 0.4) is 0 Å². The van der Waals surface area contributed by atoms with Crippen LogP contribution in [0, 0.1) is 11.3 Å². The second-order valence-corrected chi connectivity index (χ2v) is 6.17. The summed E-state index contributed by atoms with van der Waals surface area (Å²) >= 11 is 0. The first kappa shape index (κ1) is 19.2. The molecule has 0 atom stereocenters. The number of nitrogens with zero attached hydrogens (tertiary/aromatic N) is 1. The number of carbonyl (C=O) groups excluding carboxylic acids is 2. The highest BCUT2D eigenvalue weighted by atomic mass is 16.5. The van der Waals surface area contributed by atoms with E-state index in [2.05, 4.69) is 10.6 Å². The molecule has 1 aromatic carbocycles. The van der Waals surface area contributed by atoms with Crippen molar-refractivity contribution in [1.82, 2.24) is 10.6 Å². The van der Waals surface area contributed by atoms with Gasteiger partial charge in [-0.05, 0) is 45.4 Å². The van der Waals surface area contributed by atoms with Crippen LogP contribution in [0.1, 0.15) is 43.6 Å². The third-order valence-corrected chi connectivity index (χ3v) is 2.87. The van der Waals surface area contributed by atoms with Gasteiger partial charge in [0.25, 0.3) is 5.91 Å². The predicted octanol–water partition coefficient (Wildman–Crippen LogP) is 2.28. The summed E-state index contributed by atoms with van der Waals surface area (Å²) in [5, 5.41) is 14.7. The Morgan fingerprint density at radius 3 is 2.38 bits per heavy atom. The molecular weight excluding hydrogens is 306 g/mol. The minimum Gasteiger partial charge on any atom is -0.462 e. The van der Waals surface area contributed by atoms with Crippen LogP contribution in [-0.4, -0.2) is 24.0 Å². The number of hydrogen-bond donors (Lipinski definition) is 2. The van der Waals surface area contributed by atoms with Crippen LogP contribution >= 0.6 is 0 Å². The van der Waals surface area contributed by atoms with Crippen molar-refractivity contribution in [1.29, 1.82) is 5.26 Å². The van der Waals surface area contributed by atoms with E-state index < -0.39 is 11.4 Å². The quantitative estimate of drug-likeness (QED) is 0.474. The maximum absolute atomic E-state index is 11.9. The highest BCUT2D eigenvalue weighted by Crippen LogP contribution is 2.06. The molecule has 6 nitrogen and oxygen atoms in total. The average Bonchev–Trinajstić information content (AvgIpc) is 2.50. The second-order valence-electron chi connectivity index (χ2n) is 6.17. The molecule has 6 heteroatoms. The number of hydrogen-bond acceptors (Lipinski definition) is 5. The molecule has 0 aromatic heterocycles. The first-order valence-corrected chi connectivity index (χ1v) is 7.69. The summed E-state index contributed by atoms with van der Waals surface area (Å²) in [6.45, 7) is 8.05. The molecule has 1 amide bonds. The summed E-state index contributed by atoms with van der Waals surface area (Å²) in [7, 11) is 0. The fourth-order valence-corrected chi connectivity index (χ4v) is 1.80. The van der Waals surface area contributed by atoms with Gasteiger partial charge in [-0.1, -0.05) is 12.1 Å². The second kappa shape index (κ2) is 8.73. The molecule has 0 aliphatic rings. The zero-order chi connectivity index (χ0) is 18.2. The van der Waals surface area contributed by atoms with Crippen LogP contribution < -0.4 is 10.6 Å². The van der Waals surface area contributed by atoms with Gasteiger partial charge in [0.15, 0.2) is 0 Å². The summed E-state index contributed by atoms with van der Waals surface area (Å²) in [6.07, 6.45) is 1.39. The fourth-order valence-electron chi connectivity index (χ4n) is 1.80. The van der Waals surface area contributed by atoms with E-state index in [4.69, 9.17) is 10.00 Å². The Morgan fingerprint density at radius 1 is 1.25 bits per heavy atom. The molecule has 1 rings (SSSR count). The van der Waals surface area contributed by atoms with Crippen LogP contribution in [-0.2, 0) is 16.1 Å². The molecule has 1 aromatic rings. The smallest absolute Gasteiger partial charge is 0.338 e. The number of amides is 1. The van der Waals surface area contributed by atoms with E-state index in [0.29, 0.717) is 18.7 Å². The number of esters is 1. The topological polar surface area (TPSA) is 91.2 Å². The Hall–Kier alpha value is -2.81. The van der Waals surface area contributed by atoms with E-state index in [0.717, 1.165) is 5.56 Å². The number of nitrogens with one attached hydrogen (secondary N) is 2. The summed E-state index contributed by atoms with van der Waals surface area (Å²) in [6, 6.07) is 8.80. The van der Waals surface area contributed by atoms with Gasteiger partial charge < -0.3 is 15.4 Å². The Balaban J connectivity index is 2.63. The normalized spacial score (nSPS) is 11.4. The molecule has 0 aliphatic carbocycles. The number of carbonyl (C=O) groups is 2. The lowest BCUT2D eigenvalue weighted by molar-refractivity contribution is -0.118. The van der Waals surface area contributed by atoms with Gasteiger partial charge in [0.2, 0.25) is 0 Å². The third-order valence-electron chi connectivity index (χ3n) is 2.87. The van der Waals surface area contributed by atoms with E-state index in [9.17, 15) is 9.59 Å². The van der Waals surface area contributed by atoms with Gasteiger partial charge in [-0.15, -0.1) is 0 Å². The predicted molar refractivity (Wildman–Crippen MR) is 90.8 cm³/mol. The minimum absolute atomic E-state index is 0.00747. The monoisotopic (exact) mass is 329 g/mol. The van der Waals surface area contributed by atoms with Crippen LogP contribution in [0.15, 0.2) is 36.0 Å². The van der Waals surface area contributed by atoms with Gasteiger partial charge >= 0.3 is 5.97 Å². The van der Waals surface area contributed by atoms with Crippen LogP contribution in [0.2, 0.25) is 0 Å². The number of rotatable bonds is 6. The number of nitriles is 1. The van der Waals surface area contributed by atoms with Gasteiger partial charge in [0.1, 0.15) is 11.6 Å². The highest BCUT2D eigenvalue weighted by molar-refractivity contribution is 5.97. The van der Waals surface area contributed by atoms with Crippen LogP contribution in [0.25, 0.3) is 0 Å². The third kappa shape index (κ3) is 6.53. The molecule has 24 heavy (non-hydrogen) atoms. The Kier molecular flexibility index (Phi) is 6.99. The lowest BCUT2D eigenvalue weighted by Gasteiger charge is -2.20. The molecular formula is C18H23N3O3. The van der Waals surface area contributed by atoms with Crippen LogP contribution in [0.5, 0.6) is 0 Å². The van der Waals surface area contributed by atoms with Crippen molar-refractivity contribution in [3.63, 3.8) is 0 Å². The minimum atomic E-state index is -0.421. The van der Waals surface area contributed by atoms with Gasteiger partial charge in [0.05, 0.1) is 12.2 Å². The summed E-state index contributed by atoms with van der Waals surface area (Å²) in [5.41, 5.74) is 0.995. The average molecular weight is 329 g/mol. The molecule has 0 saturated carbocycles. The molecule has 0 unspecified atom stereocenters. The molecule has 0 radical (unpaired) electrons. The van der Waals surface area contributed by atoms with E-state index in [1.54, 1.807) is 31.2 Å². The largest absolute Gasteiger partial charge is 0.462 e. The number of ether oxygens (including phenoxy) is 1. The van der Waals surface area contributed by atoms with Gasteiger partial charge in [0, 0.05) is 18.3 Å². The van der Waals surface area contributed by atoms with Gasteiger partial charge in [-0.2, -0.15) is 5.26 Å². The van der Waals surface area contributed by atoms with Crippen LogP contribution in [0.4, 0.5) is 0 Å². The first-order valence-electron chi connectivity index (χ1n) is 7.69. The SMILES string of the molecule is CCOC(=O)c1ccc(CN/C=C(/C#N)C(=O)NC(C)(C)C)cc1. The Morgan fingerprint density at radius 2 is 1.88 bits per heavy atom. The van der Waals surface area contributed by atoms with Crippen molar-refractivity contribution in [2.75, 3.05) is 6.61 Å². The summed E-state index contributed by atoms with van der Waals surface area (Å²) in [4.78, 5) is 23.5. The van der Waals surface area contributed by atoms with Crippen molar-refractivity contribution in [3.8, 4) is 6.07 Å². The van der Waals surface area contributed by atoms with E-state index >= 15 is 0 Å². The molecule has 0 aliphatic heterocycles. The van der Waals surface area contributed by atoms with Crippen molar-refractivity contribution in [3.05, 3.63) is 47.2 Å². The highest BCUT2D eigenvalue weighted by Gasteiger charge is 2.16. The summed E-state index contributed by atoms with van der Waals surface area (Å²) < 4.78 is 4.92. The molecule has 0 spiro atoms. The van der Waals surface area contributed by atoms with Crippen molar-refractivity contribution >= 4 is 11.9 Å². The maximum atomic E-state index is 11.9. The molecule has 2 N–H and O–H groups in total. The van der Waals surface area contributed by atoms with Crippen molar-refractivity contribution in [2.45, 2.75) is 39.8 Å². The molecule has 0 heterocycles. The first-order chi connectivity index (χ1) is 11.3. The number of benzene rings is 1. The molecule has 128 valence electrons. The maximum Gasteiger partial charge on any atom is 0.338 e. The van der Waals surface area contributed by atoms with E-state index in [1.165, 1.54) is 6.20 Å². The summed E-state index contributed by atoms with van der Waals surface area (Å²) in [5.74, 6) is -0.780. The fraction of sp³-hybridized carbons (Fsp3) is 0.389. The zero-order valence-corrected chi connectivity index (χ0v) is 14.5. The zero-order valence-electron chi connectivity index (χ0n) is 14.5. The molecule has 0 saturated heterocycles. The Labute approximate surface area is 142 Å². The van der Waals surface area contributed by atoms with Crippen molar-refractivity contribution < 1.29 is 14.3 Å². The molecule has 0 bridgehead atoms. The van der Waals surface area contributed by atoms with E-state index in [-0.39, 0.29) is 11.5 Å². The Bertz CT molecular complexity index is 650. The molecule has 0 fully saturated rings. The van der Waals surface area contributed by atoms with Crippen molar-refractivity contribution in [2.24, 2.45) is 0 Å². The lowest BCUT2D eigenvalue weighted by Crippen LogP contribution is -2.41. The van der Waals surface area contributed by atoms with Gasteiger partial charge in [-0.25, -0.2) is 4.79 Å². The van der Waals surface area contributed by atoms with E-state index in [1.807, 2.05) is 26.8 Å².